The van der Waals surface area contributed by atoms with Gasteiger partial charge in [0, 0.05) is 6.07 Å². The van der Waals surface area contributed by atoms with Crippen LogP contribution in [0.2, 0.25) is 0 Å². The van der Waals surface area contributed by atoms with Crippen LogP contribution in [0.4, 0.5) is 27.6 Å². The number of hydrogen-bond donors (Lipinski definition) is 0. The molecule has 1 aromatic carbocycles. The van der Waals surface area contributed by atoms with Crippen LogP contribution in [0.25, 0.3) is 0 Å². The SMILES string of the molecule is COc1cc([N+](=O)[O-])ccc1S(=O)C(F)(F)C(F)(F)F. The molecule has 1 unspecified atom stereocenters. The number of rotatable bonds is 4. The number of hydrogen-bond acceptors (Lipinski definition) is 4. The minimum absolute atomic E-state index is 0.534. The van der Waals surface area contributed by atoms with Gasteiger partial charge in [-0.05, 0) is 6.07 Å². The molecule has 0 fully saturated rings. The van der Waals surface area contributed by atoms with E-state index in [4.69, 9.17) is 0 Å². The fourth-order valence-electron chi connectivity index (χ4n) is 1.17. The Morgan fingerprint density at radius 2 is 1.80 bits per heavy atom. The first-order chi connectivity index (χ1) is 9.02. The van der Waals surface area contributed by atoms with Crippen LogP contribution in [0, 0.1) is 10.1 Å². The summed E-state index contributed by atoms with van der Waals surface area (Å²) in [6.07, 6.45) is -6.02. The van der Waals surface area contributed by atoms with Crippen LogP contribution in [-0.4, -0.2) is 27.7 Å². The molecule has 0 aliphatic heterocycles. The first-order valence-corrected chi connectivity index (χ1v) is 5.86. The van der Waals surface area contributed by atoms with Gasteiger partial charge in [-0.25, -0.2) is 4.21 Å². The molecule has 0 aromatic heterocycles. The van der Waals surface area contributed by atoms with Gasteiger partial charge in [0.25, 0.3) is 5.69 Å². The van der Waals surface area contributed by atoms with Gasteiger partial charge in [0.15, 0.2) is 0 Å². The molecule has 11 heteroatoms. The van der Waals surface area contributed by atoms with E-state index in [0.717, 1.165) is 7.11 Å². The van der Waals surface area contributed by atoms with Gasteiger partial charge in [-0.2, -0.15) is 22.0 Å². The third-order valence-electron chi connectivity index (χ3n) is 2.12. The average molecular weight is 319 g/mol. The van der Waals surface area contributed by atoms with Crippen LogP contribution < -0.4 is 4.74 Å². The summed E-state index contributed by atoms with van der Waals surface area (Å²) in [5, 5.41) is 4.95. The van der Waals surface area contributed by atoms with Crippen molar-refractivity contribution in [2.45, 2.75) is 16.3 Å². The molecule has 0 spiro atoms. The number of ether oxygens (including phenoxy) is 1. The van der Waals surface area contributed by atoms with E-state index in [1.165, 1.54) is 0 Å². The molecule has 0 saturated heterocycles. The summed E-state index contributed by atoms with van der Waals surface area (Å²) in [5.41, 5.74) is -0.599. The van der Waals surface area contributed by atoms with Gasteiger partial charge in [-0.3, -0.25) is 10.1 Å². The molecular formula is C9H6F5NO4S. The molecule has 0 heterocycles. The second-order valence-electron chi connectivity index (χ2n) is 3.38. The molecule has 0 aliphatic carbocycles. The lowest BCUT2D eigenvalue weighted by molar-refractivity contribution is -0.385. The first kappa shape index (κ1) is 16.3. The molecule has 5 nitrogen and oxygen atoms in total. The fraction of sp³-hybridized carbons (Fsp3) is 0.333. The lowest BCUT2D eigenvalue weighted by atomic mass is 10.3. The van der Waals surface area contributed by atoms with E-state index in [0.29, 0.717) is 18.2 Å². The smallest absolute Gasteiger partial charge is 0.467 e. The molecular weight excluding hydrogens is 313 g/mol. The number of non-ortho nitro benzene ring substituents is 1. The predicted molar refractivity (Wildman–Crippen MR) is 57.1 cm³/mol. The zero-order chi connectivity index (χ0) is 15.7. The second kappa shape index (κ2) is 5.31. The number of nitro groups is 1. The van der Waals surface area contributed by atoms with Crippen LogP contribution in [0.3, 0.4) is 0 Å². The highest BCUT2D eigenvalue weighted by Gasteiger charge is 2.63. The number of nitro benzene ring substituents is 1. The highest BCUT2D eigenvalue weighted by atomic mass is 32.2. The molecule has 1 aromatic rings. The van der Waals surface area contributed by atoms with Gasteiger partial charge in [0.1, 0.15) is 16.5 Å². The predicted octanol–water partition coefficient (Wildman–Crippen LogP) is 2.87. The van der Waals surface area contributed by atoms with E-state index in [1.807, 2.05) is 0 Å². The monoisotopic (exact) mass is 319 g/mol. The maximum Gasteiger partial charge on any atom is 0.467 e. The van der Waals surface area contributed by atoms with Crippen molar-refractivity contribution in [1.82, 2.24) is 0 Å². The summed E-state index contributed by atoms with van der Waals surface area (Å²) < 4.78 is 78.1. The third kappa shape index (κ3) is 2.86. The highest BCUT2D eigenvalue weighted by molar-refractivity contribution is 7.86. The zero-order valence-electron chi connectivity index (χ0n) is 9.61. The normalized spacial score (nSPS) is 13.9. The molecule has 112 valence electrons. The van der Waals surface area contributed by atoms with Gasteiger partial charge in [0.2, 0.25) is 0 Å². The number of benzene rings is 1. The van der Waals surface area contributed by atoms with Crippen LogP contribution in [0.15, 0.2) is 23.1 Å². The van der Waals surface area contributed by atoms with Crippen molar-refractivity contribution in [1.29, 1.82) is 0 Å². The Balaban J connectivity index is 3.34. The summed E-state index contributed by atoms with van der Waals surface area (Å²) in [6, 6.07) is 1.80. The maximum atomic E-state index is 13.0. The lowest BCUT2D eigenvalue weighted by Crippen LogP contribution is -2.40. The average Bonchev–Trinajstić information content (AvgIpc) is 2.35. The minimum atomic E-state index is -6.02. The van der Waals surface area contributed by atoms with E-state index >= 15 is 0 Å². The topological polar surface area (TPSA) is 69.4 Å². The zero-order valence-corrected chi connectivity index (χ0v) is 10.4. The molecule has 0 saturated carbocycles. The van der Waals surface area contributed by atoms with Crippen molar-refractivity contribution in [3.05, 3.63) is 28.3 Å². The Bertz CT molecular complexity index is 560. The van der Waals surface area contributed by atoms with Crippen LogP contribution in [-0.2, 0) is 10.8 Å². The van der Waals surface area contributed by atoms with E-state index in [9.17, 15) is 36.3 Å². The minimum Gasteiger partial charge on any atom is -0.495 e. The summed E-state index contributed by atoms with van der Waals surface area (Å²) in [6.45, 7) is 0. The van der Waals surface area contributed by atoms with Crippen molar-refractivity contribution in [2.75, 3.05) is 7.11 Å². The van der Waals surface area contributed by atoms with Crippen LogP contribution in [0.1, 0.15) is 0 Å². The molecule has 0 aliphatic rings. The molecule has 0 radical (unpaired) electrons. The largest absolute Gasteiger partial charge is 0.495 e. The van der Waals surface area contributed by atoms with Gasteiger partial charge in [-0.1, -0.05) is 0 Å². The van der Waals surface area contributed by atoms with Crippen molar-refractivity contribution < 1.29 is 35.8 Å². The second-order valence-corrected chi connectivity index (χ2v) is 4.87. The van der Waals surface area contributed by atoms with Gasteiger partial charge < -0.3 is 4.74 Å². The van der Waals surface area contributed by atoms with Crippen LogP contribution >= 0.6 is 0 Å². The van der Waals surface area contributed by atoms with Gasteiger partial charge in [0.05, 0.1) is 23.0 Å². The van der Waals surface area contributed by atoms with Crippen molar-refractivity contribution in [2.24, 2.45) is 0 Å². The van der Waals surface area contributed by atoms with E-state index in [1.54, 1.807) is 0 Å². The summed E-state index contributed by atoms with van der Waals surface area (Å²) >= 11 is 0. The summed E-state index contributed by atoms with van der Waals surface area (Å²) in [5.74, 6) is -0.693. The first-order valence-electron chi connectivity index (χ1n) is 4.71. The van der Waals surface area contributed by atoms with Gasteiger partial charge >= 0.3 is 11.4 Å². The number of nitrogens with zero attached hydrogens (tertiary/aromatic N) is 1. The van der Waals surface area contributed by atoms with E-state index < -0.39 is 43.5 Å². The van der Waals surface area contributed by atoms with Crippen LogP contribution in [0.5, 0.6) is 5.75 Å². The number of methoxy groups -OCH3 is 1. The Hall–Kier alpha value is -1.78. The molecule has 1 rings (SSSR count). The number of alkyl halides is 5. The maximum absolute atomic E-state index is 13.0. The van der Waals surface area contributed by atoms with Crippen molar-refractivity contribution >= 4 is 16.5 Å². The number of halogens is 5. The third-order valence-corrected chi connectivity index (χ3v) is 3.55. The Labute approximate surface area is 110 Å². The van der Waals surface area contributed by atoms with Gasteiger partial charge in [-0.15, -0.1) is 0 Å². The van der Waals surface area contributed by atoms with Crippen molar-refractivity contribution in [3.8, 4) is 5.75 Å². The van der Waals surface area contributed by atoms with E-state index in [2.05, 4.69) is 4.74 Å². The Kier molecular flexibility index (Phi) is 4.32. The quantitative estimate of drug-likeness (QED) is 0.486. The molecule has 20 heavy (non-hydrogen) atoms. The standard InChI is InChI=1S/C9H6F5NO4S/c1-19-6-4-5(15(16)17)2-3-7(6)20(18)9(13,14)8(10,11)12/h2-4H,1H3. The highest BCUT2D eigenvalue weighted by Crippen LogP contribution is 2.43. The summed E-state index contributed by atoms with van der Waals surface area (Å²) in [7, 11) is -2.91. The summed E-state index contributed by atoms with van der Waals surface area (Å²) in [4.78, 5) is 8.56. The van der Waals surface area contributed by atoms with Crippen molar-refractivity contribution in [3.63, 3.8) is 0 Å². The lowest BCUT2D eigenvalue weighted by Gasteiger charge is -2.19. The molecule has 0 N–H and O–H groups in total. The van der Waals surface area contributed by atoms with E-state index in [-0.39, 0.29) is 0 Å². The fourth-order valence-corrected chi connectivity index (χ4v) is 2.17. The molecule has 1 atom stereocenters. The molecule has 0 bridgehead atoms. The Morgan fingerprint density at radius 1 is 1.25 bits per heavy atom. The Morgan fingerprint density at radius 3 is 2.20 bits per heavy atom. The molecule has 0 amide bonds.